The molecule has 0 aliphatic carbocycles. The minimum Gasteiger partial charge on any atom is -0.350 e. The van der Waals surface area contributed by atoms with Crippen LogP contribution in [0, 0.1) is 0 Å². The highest BCUT2D eigenvalue weighted by molar-refractivity contribution is 6.42. The van der Waals surface area contributed by atoms with Gasteiger partial charge in [-0.1, -0.05) is 23.1 Å². The average Bonchev–Trinajstić information content (AvgIpc) is 2.68. The predicted octanol–water partition coefficient (Wildman–Crippen LogP) is 0.816. The molecule has 1 amide bonds. The Balaban J connectivity index is 2.21. The van der Waals surface area contributed by atoms with Gasteiger partial charge in [0.15, 0.2) is 0 Å². The Morgan fingerprint density at radius 3 is 2.82 bits per heavy atom. The molecule has 0 aromatic carbocycles. The Hall–Kier alpha value is -1.49. The third-order valence-corrected chi connectivity index (χ3v) is 2.88. The second-order valence-electron chi connectivity index (χ2n) is 3.88. The number of nitrogens with one attached hydrogen (secondary N) is 2. The summed E-state index contributed by atoms with van der Waals surface area (Å²) in [5, 5.41) is 2.89. The zero-order valence-electron chi connectivity index (χ0n) is 9.00. The molecule has 0 spiro atoms. The van der Waals surface area contributed by atoms with Gasteiger partial charge in [0, 0.05) is 18.2 Å². The molecule has 0 saturated carbocycles. The Morgan fingerprint density at radius 1 is 1.47 bits per heavy atom. The van der Waals surface area contributed by atoms with Gasteiger partial charge in [0.1, 0.15) is 12.9 Å². The summed E-state index contributed by atoms with van der Waals surface area (Å²) < 4.78 is 0. The molecule has 1 fully saturated rings. The van der Waals surface area contributed by atoms with Gasteiger partial charge in [0.25, 0.3) is 5.56 Å². The maximum atomic E-state index is 11.3. The van der Waals surface area contributed by atoms with E-state index in [1.54, 1.807) is 12.1 Å². The lowest BCUT2D eigenvalue weighted by Gasteiger charge is -2.07. The lowest BCUT2D eigenvalue weighted by molar-refractivity contribution is -0.119. The summed E-state index contributed by atoms with van der Waals surface area (Å²) in [5.41, 5.74) is 0.544. The molecule has 1 aliphatic rings. The topological polar surface area (TPSA) is 62.0 Å². The zero-order chi connectivity index (χ0) is 12.4. The van der Waals surface area contributed by atoms with E-state index < -0.39 is 0 Å². The van der Waals surface area contributed by atoms with Gasteiger partial charge in [-0.3, -0.25) is 9.59 Å². The lowest BCUT2D eigenvalue weighted by Crippen LogP contribution is -2.23. The van der Waals surface area contributed by atoms with Crippen molar-refractivity contribution in [2.24, 2.45) is 0 Å². The van der Waals surface area contributed by atoms with Gasteiger partial charge in [-0.05, 0) is 18.6 Å². The molecule has 6 heteroatoms. The Kier molecular flexibility index (Phi) is 3.38. The van der Waals surface area contributed by atoms with Crippen LogP contribution in [0.5, 0.6) is 0 Å². The van der Waals surface area contributed by atoms with E-state index in [0.717, 1.165) is 6.42 Å². The molecule has 0 bridgehead atoms. The van der Waals surface area contributed by atoms with Crippen LogP contribution in [0.15, 0.2) is 23.0 Å². The molecule has 2 N–H and O–H groups in total. The van der Waals surface area contributed by atoms with Crippen LogP contribution in [-0.4, -0.2) is 24.8 Å². The summed E-state index contributed by atoms with van der Waals surface area (Å²) in [5.74, 6) is 0.0173. The minimum absolute atomic E-state index is 0.0173. The maximum Gasteiger partial charge on any atom is 0.267 e. The van der Waals surface area contributed by atoms with E-state index >= 15 is 0 Å². The Bertz CT molecular complexity index is 539. The monoisotopic (exact) mass is 248 g/mol. The second kappa shape index (κ2) is 4.79. The molecule has 2 radical (unpaired) electrons. The van der Waals surface area contributed by atoms with E-state index in [9.17, 15) is 9.59 Å². The van der Waals surface area contributed by atoms with E-state index in [1.165, 1.54) is 6.07 Å². The number of hydrogen-bond donors (Lipinski definition) is 2. The van der Waals surface area contributed by atoms with Crippen molar-refractivity contribution in [1.29, 1.82) is 0 Å². The summed E-state index contributed by atoms with van der Waals surface area (Å²) in [7, 11) is 5.84. The highest BCUT2D eigenvalue weighted by Gasteiger charge is 2.18. The molecule has 1 atom stereocenters. The van der Waals surface area contributed by atoms with Crippen LogP contribution in [0.3, 0.4) is 0 Å². The van der Waals surface area contributed by atoms with Crippen LogP contribution in [-0.2, 0) is 4.79 Å². The predicted molar refractivity (Wildman–Crippen MR) is 67.0 cm³/mol. The van der Waals surface area contributed by atoms with Crippen LogP contribution in [0.1, 0.15) is 18.5 Å². The van der Waals surface area contributed by atoms with Crippen molar-refractivity contribution in [3.8, 4) is 0 Å². The third-order valence-electron chi connectivity index (χ3n) is 2.58. The van der Waals surface area contributed by atoms with E-state index in [4.69, 9.17) is 19.4 Å². The van der Waals surface area contributed by atoms with Gasteiger partial charge in [-0.2, -0.15) is 0 Å². The van der Waals surface area contributed by atoms with Gasteiger partial charge in [0.2, 0.25) is 5.91 Å². The molecule has 1 aromatic heterocycles. The number of hydrogen-bond acceptors (Lipinski definition) is 2. The van der Waals surface area contributed by atoms with Crippen molar-refractivity contribution >= 4 is 30.8 Å². The molecular weight excluding hydrogens is 238 g/mol. The molecular formula is C11H10BClN2O2. The van der Waals surface area contributed by atoms with E-state index in [0.29, 0.717) is 17.6 Å². The second-order valence-corrected chi connectivity index (χ2v) is 4.29. The molecule has 1 aromatic rings. The van der Waals surface area contributed by atoms with Crippen LogP contribution in [0.25, 0.3) is 5.47 Å². The average molecular weight is 248 g/mol. The van der Waals surface area contributed by atoms with Gasteiger partial charge in [-0.15, -0.1) is 0 Å². The highest BCUT2D eigenvalue weighted by Crippen LogP contribution is 2.14. The Labute approximate surface area is 104 Å². The zero-order valence-corrected chi connectivity index (χ0v) is 9.75. The van der Waals surface area contributed by atoms with Gasteiger partial charge in [-0.25, -0.2) is 0 Å². The van der Waals surface area contributed by atoms with Crippen molar-refractivity contribution in [2.45, 2.75) is 18.9 Å². The first-order valence-corrected chi connectivity index (χ1v) is 5.60. The summed E-state index contributed by atoms with van der Waals surface area (Å²) in [6.45, 7) is 0. The largest absolute Gasteiger partial charge is 0.350 e. The lowest BCUT2D eigenvalue weighted by atomic mass is 9.90. The number of amides is 1. The fourth-order valence-corrected chi connectivity index (χ4v) is 1.80. The molecule has 4 nitrogen and oxygen atoms in total. The summed E-state index contributed by atoms with van der Waals surface area (Å²) >= 11 is 5.61. The van der Waals surface area contributed by atoms with Crippen LogP contribution >= 0.6 is 11.6 Å². The quantitative estimate of drug-likeness (QED) is 0.761. The van der Waals surface area contributed by atoms with Crippen molar-refractivity contribution in [1.82, 2.24) is 10.3 Å². The standard InChI is InChI=1S/C11H10BClN2O2/c12-7(5-6-1-4-10(16)14-6)9-3-2-8(13)11(17)15-9/h2-3,5-6H,1,4H2,(H,14,16)(H,15,17)/b7-5-/t6-/m1/s1. The summed E-state index contributed by atoms with van der Waals surface area (Å²) in [6, 6.07) is 3.05. The first-order valence-electron chi connectivity index (χ1n) is 5.22. The maximum absolute atomic E-state index is 11.3. The summed E-state index contributed by atoms with van der Waals surface area (Å²) in [6.07, 6.45) is 2.95. The first-order chi connectivity index (χ1) is 8.06. The number of H-pyrrole nitrogens is 1. The van der Waals surface area contributed by atoms with Crippen LogP contribution in [0.4, 0.5) is 0 Å². The Morgan fingerprint density at radius 2 is 2.24 bits per heavy atom. The first kappa shape index (κ1) is 12.0. The number of aromatic nitrogens is 1. The normalized spacial score (nSPS) is 20.4. The number of rotatable bonds is 2. The molecule has 1 saturated heterocycles. The van der Waals surface area contributed by atoms with Crippen molar-refractivity contribution in [3.63, 3.8) is 0 Å². The smallest absolute Gasteiger partial charge is 0.267 e. The fourth-order valence-electron chi connectivity index (χ4n) is 1.69. The molecule has 0 unspecified atom stereocenters. The number of carbonyl (C=O) groups excluding carboxylic acids is 1. The van der Waals surface area contributed by atoms with Crippen molar-refractivity contribution in [2.75, 3.05) is 0 Å². The molecule has 1 aliphatic heterocycles. The van der Waals surface area contributed by atoms with E-state index in [1.807, 2.05) is 0 Å². The number of carbonyl (C=O) groups is 1. The SMILES string of the molecule is [B]/C(=C\[C@H]1CCC(=O)N1)c1ccc(Cl)c(=O)[nH]1. The van der Waals surface area contributed by atoms with Gasteiger partial charge in [0.05, 0.1) is 0 Å². The highest BCUT2D eigenvalue weighted by atomic mass is 35.5. The number of aromatic amines is 1. The van der Waals surface area contributed by atoms with Crippen LogP contribution < -0.4 is 10.9 Å². The molecule has 17 heavy (non-hydrogen) atoms. The summed E-state index contributed by atoms with van der Waals surface area (Å²) in [4.78, 5) is 24.9. The fraction of sp³-hybridized carbons (Fsp3) is 0.273. The van der Waals surface area contributed by atoms with E-state index in [-0.39, 0.29) is 22.5 Å². The molecule has 2 rings (SSSR count). The molecule has 86 valence electrons. The minimum atomic E-state index is -0.379. The number of pyridine rings is 1. The van der Waals surface area contributed by atoms with Gasteiger partial charge < -0.3 is 10.3 Å². The third kappa shape index (κ3) is 2.80. The van der Waals surface area contributed by atoms with Gasteiger partial charge >= 0.3 is 0 Å². The molecule has 2 heterocycles. The van der Waals surface area contributed by atoms with Crippen molar-refractivity contribution < 1.29 is 4.79 Å². The van der Waals surface area contributed by atoms with Crippen molar-refractivity contribution in [3.05, 3.63) is 39.3 Å². The number of halogens is 1. The van der Waals surface area contributed by atoms with Crippen LogP contribution in [0.2, 0.25) is 5.02 Å². The van der Waals surface area contributed by atoms with E-state index in [2.05, 4.69) is 10.3 Å².